The molecule has 4 nitrogen and oxygen atoms in total. The third-order valence-corrected chi connectivity index (χ3v) is 2.84. The molecule has 0 fully saturated rings. The second-order valence-corrected chi connectivity index (χ2v) is 4.21. The predicted octanol–water partition coefficient (Wildman–Crippen LogP) is 2.77. The Kier molecular flexibility index (Phi) is 5.55. The SMILES string of the molecule is CC(NC(=O)OCCO)c1ccc(Cl)c(Cl)c1. The van der Waals surface area contributed by atoms with Crippen molar-refractivity contribution in [3.05, 3.63) is 33.8 Å². The smallest absolute Gasteiger partial charge is 0.407 e. The molecule has 0 saturated carbocycles. The van der Waals surface area contributed by atoms with E-state index in [4.69, 9.17) is 28.3 Å². The van der Waals surface area contributed by atoms with Crippen LogP contribution in [0, 0.1) is 0 Å². The Hall–Kier alpha value is -0.970. The summed E-state index contributed by atoms with van der Waals surface area (Å²) in [4.78, 5) is 11.2. The van der Waals surface area contributed by atoms with Crippen LogP contribution in [-0.4, -0.2) is 24.4 Å². The molecule has 0 heterocycles. The first-order valence-electron chi connectivity index (χ1n) is 5.03. The number of nitrogens with one attached hydrogen (secondary N) is 1. The highest BCUT2D eigenvalue weighted by Crippen LogP contribution is 2.25. The summed E-state index contributed by atoms with van der Waals surface area (Å²) >= 11 is 11.7. The van der Waals surface area contributed by atoms with Gasteiger partial charge in [0.15, 0.2) is 0 Å². The lowest BCUT2D eigenvalue weighted by molar-refractivity contribution is 0.116. The third kappa shape index (κ3) is 4.42. The van der Waals surface area contributed by atoms with E-state index < -0.39 is 6.09 Å². The molecule has 0 aliphatic carbocycles. The Balaban J connectivity index is 2.60. The molecule has 1 unspecified atom stereocenters. The number of carbonyl (C=O) groups is 1. The zero-order chi connectivity index (χ0) is 12.8. The van der Waals surface area contributed by atoms with E-state index in [2.05, 4.69) is 10.1 Å². The van der Waals surface area contributed by atoms with Crippen LogP contribution in [0.1, 0.15) is 18.5 Å². The van der Waals surface area contributed by atoms with E-state index in [1.807, 2.05) is 0 Å². The van der Waals surface area contributed by atoms with Gasteiger partial charge in [-0.1, -0.05) is 29.3 Å². The van der Waals surface area contributed by atoms with Crippen molar-refractivity contribution < 1.29 is 14.6 Å². The van der Waals surface area contributed by atoms with Crippen molar-refractivity contribution in [1.82, 2.24) is 5.32 Å². The zero-order valence-corrected chi connectivity index (χ0v) is 10.8. The van der Waals surface area contributed by atoms with Crippen molar-refractivity contribution >= 4 is 29.3 Å². The lowest BCUT2D eigenvalue weighted by atomic mass is 10.1. The number of alkyl carbamates (subject to hydrolysis) is 1. The van der Waals surface area contributed by atoms with Gasteiger partial charge in [0.1, 0.15) is 6.61 Å². The summed E-state index contributed by atoms with van der Waals surface area (Å²) < 4.78 is 4.68. The van der Waals surface area contributed by atoms with E-state index >= 15 is 0 Å². The monoisotopic (exact) mass is 277 g/mol. The van der Waals surface area contributed by atoms with Crippen molar-refractivity contribution in [3.8, 4) is 0 Å². The Morgan fingerprint density at radius 3 is 2.76 bits per heavy atom. The number of ether oxygens (including phenoxy) is 1. The van der Waals surface area contributed by atoms with Crippen molar-refractivity contribution in [2.45, 2.75) is 13.0 Å². The molecule has 94 valence electrons. The molecule has 0 aliphatic rings. The molecule has 0 bridgehead atoms. The maximum Gasteiger partial charge on any atom is 0.407 e. The highest BCUT2D eigenvalue weighted by atomic mass is 35.5. The summed E-state index contributed by atoms with van der Waals surface area (Å²) in [6.45, 7) is 1.56. The van der Waals surface area contributed by atoms with Crippen LogP contribution in [0.4, 0.5) is 4.79 Å². The normalized spacial score (nSPS) is 12.0. The Labute approximate surface area is 109 Å². The molecule has 1 atom stereocenters. The minimum Gasteiger partial charge on any atom is -0.447 e. The van der Waals surface area contributed by atoms with Crippen molar-refractivity contribution in [2.24, 2.45) is 0 Å². The predicted molar refractivity (Wildman–Crippen MR) is 66.4 cm³/mol. The number of rotatable bonds is 4. The molecule has 6 heteroatoms. The number of aliphatic hydroxyl groups is 1. The minimum absolute atomic E-state index is 0.0278. The van der Waals surface area contributed by atoms with Gasteiger partial charge in [-0.2, -0.15) is 0 Å². The molecule has 2 N–H and O–H groups in total. The molecule has 0 spiro atoms. The first-order valence-corrected chi connectivity index (χ1v) is 5.79. The van der Waals surface area contributed by atoms with Crippen LogP contribution in [0.15, 0.2) is 18.2 Å². The fourth-order valence-electron chi connectivity index (χ4n) is 1.22. The number of benzene rings is 1. The van der Waals surface area contributed by atoms with Crippen LogP contribution in [0.25, 0.3) is 0 Å². The summed E-state index contributed by atoms with van der Waals surface area (Å²) in [6, 6.07) is 4.86. The molecule has 1 aromatic carbocycles. The first-order chi connectivity index (χ1) is 8.04. The van der Waals surface area contributed by atoms with Gasteiger partial charge in [0.05, 0.1) is 22.7 Å². The molecule has 17 heavy (non-hydrogen) atoms. The Morgan fingerprint density at radius 2 is 2.18 bits per heavy atom. The van der Waals surface area contributed by atoms with Gasteiger partial charge in [-0.15, -0.1) is 0 Å². The van der Waals surface area contributed by atoms with E-state index in [0.717, 1.165) is 5.56 Å². The van der Waals surface area contributed by atoms with Gasteiger partial charge in [-0.3, -0.25) is 0 Å². The van der Waals surface area contributed by atoms with E-state index in [1.54, 1.807) is 25.1 Å². The summed E-state index contributed by atoms with van der Waals surface area (Å²) in [5.74, 6) is 0. The van der Waals surface area contributed by atoms with E-state index in [9.17, 15) is 4.79 Å². The van der Waals surface area contributed by atoms with Gasteiger partial charge in [0.25, 0.3) is 0 Å². The quantitative estimate of drug-likeness (QED) is 0.890. The number of amides is 1. The average molecular weight is 278 g/mol. The van der Waals surface area contributed by atoms with Crippen LogP contribution in [0.2, 0.25) is 10.0 Å². The molecule has 0 aromatic heterocycles. The molecule has 0 radical (unpaired) electrons. The average Bonchev–Trinajstić information content (AvgIpc) is 2.30. The lowest BCUT2D eigenvalue weighted by Crippen LogP contribution is -2.28. The van der Waals surface area contributed by atoms with Crippen LogP contribution in [0.3, 0.4) is 0 Å². The number of hydrogen-bond acceptors (Lipinski definition) is 3. The zero-order valence-electron chi connectivity index (χ0n) is 9.24. The van der Waals surface area contributed by atoms with Crippen molar-refractivity contribution in [2.75, 3.05) is 13.2 Å². The topological polar surface area (TPSA) is 58.6 Å². The molecule has 1 aromatic rings. The van der Waals surface area contributed by atoms with Gasteiger partial charge in [0.2, 0.25) is 0 Å². The van der Waals surface area contributed by atoms with Crippen LogP contribution in [0.5, 0.6) is 0 Å². The minimum atomic E-state index is -0.586. The van der Waals surface area contributed by atoms with Crippen molar-refractivity contribution in [3.63, 3.8) is 0 Å². The molecular weight excluding hydrogens is 265 g/mol. The molecule has 1 rings (SSSR count). The third-order valence-electron chi connectivity index (χ3n) is 2.10. The number of hydrogen-bond donors (Lipinski definition) is 2. The standard InChI is InChI=1S/C11H13Cl2NO3/c1-7(14-11(16)17-5-4-15)8-2-3-9(12)10(13)6-8/h2-3,6-7,15H,4-5H2,1H3,(H,14,16). The van der Waals surface area contributed by atoms with Gasteiger partial charge < -0.3 is 15.2 Å². The molecule has 0 aliphatic heterocycles. The van der Waals surface area contributed by atoms with E-state index in [1.165, 1.54) is 0 Å². The Morgan fingerprint density at radius 1 is 1.47 bits per heavy atom. The number of halogens is 2. The summed E-state index contributed by atoms with van der Waals surface area (Å²) in [5.41, 5.74) is 0.820. The first kappa shape index (κ1) is 14.1. The molecule has 0 saturated heterocycles. The second-order valence-electron chi connectivity index (χ2n) is 3.40. The van der Waals surface area contributed by atoms with Gasteiger partial charge in [-0.25, -0.2) is 4.79 Å². The molecule has 1 amide bonds. The number of aliphatic hydroxyl groups excluding tert-OH is 1. The lowest BCUT2D eigenvalue weighted by Gasteiger charge is -2.14. The van der Waals surface area contributed by atoms with Crippen LogP contribution >= 0.6 is 23.2 Å². The largest absolute Gasteiger partial charge is 0.447 e. The molecular formula is C11H13Cl2NO3. The van der Waals surface area contributed by atoms with Gasteiger partial charge in [-0.05, 0) is 24.6 Å². The van der Waals surface area contributed by atoms with Gasteiger partial charge in [0, 0.05) is 0 Å². The number of carbonyl (C=O) groups excluding carboxylic acids is 1. The van der Waals surface area contributed by atoms with E-state index in [-0.39, 0.29) is 19.3 Å². The summed E-state index contributed by atoms with van der Waals surface area (Å²) in [6.07, 6.45) is -0.586. The van der Waals surface area contributed by atoms with Crippen LogP contribution in [-0.2, 0) is 4.74 Å². The van der Waals surface area contributed by atoms with Crippen LogP contribution < -0.4 is 5.32 Å². The highest BCUT2D eigenvalue weighted by Gasteiger charge is 2.11. The summed E-state index contributed by atoms with van der Waals surface area (Å²) in [7, 11) is 0. The van der Waals surface area contributed by atoms with E-state index in [0.29, 0.717) is 10.0 Å². The highest BCUT2D eigenvalue weighted by molar-refractivity contribution is 6.42. The fourth-order valence-corrected chi connectivity index (χ4v) is 1.53. The summed E-state index contributed by atoms with van der Waals surface area (Å²) in [5, 5.41) is 12.0. The van der Waals surface area contributed by atoms with Gasteiger partial charge >= 0.3 is 6.09 Å². The maximum atomic E-state index is 11.2. The fraction of sp³-hybridized carbons (Fsp3) is 0.364. The second kappa shape index (κ2) is 6.69. The Bertz CT molecular complexity index is 398. The maximum absolute atomic E-state index is 11.2. The van der Waals surface area contributed by atoms with Crippen molar-refractivity contribution in [1.29, 1.82) is 0 Å².